The van der Waals surface area contributed by atoms with Crippen molar-refractivity contribution in [3.05, 3.63) is 17.4 Å². The smallest absolute Gasteiger partial charge is 0.225 e. The summed E-state index contributed by atoms with van der Waals surface area (Å²) in [5.74, 6) is 0.564. The molecular weight excluding hydrogens is 242 g/mol. The van der Waals surface area contributed by atoms with Crippen molar-refractivity contribution in [2.75, 3.05) is 31.7 Å². The van der Waals surface area contributed by atoms with E-state index >= 15 is 0 Å². The Labute approximate surface area is 105 Å². The molecular formula is C11H16ClN3O2. The van der Waals surface area contributed by atoms with Crippen molar-refractivity contribution >= 4 is 17.5 Å². The Morgan fingerprint density at radius 3 is 2.59 bits per heavy atom. The molecule has 0 spiro atoms. The second kappa shape index (κ2) is 5.16. The predicted octanol–water partition coefficient (Wildman–Crippen LogP) is 1.11. The van der Waals surface area contributed by atoms with Gasteiger partial charge in [0, 0.05) is 39.6 Å². The number of likely N-dealkylation sites (N-methyl/N-ethyl adjacent to an activating group) is 1. The van der Waals surface area contributed by atoms with Crippen molar-refractivity contribution in [2.45, 2.75) is 18.4 Å². The number of rotatable bonds is 3. The Balaban J connectivity index is 2.00. The van der Waals surface area contributed by atoms with Gasteiger partial charge in [0.15, 0.2) is 0 Å². The third-order valence-corrected chi connectivity index (χ3v) is 3.10. The zero-order valence-corrected chi connectivity index (χ0v) is 10.5. The predicted molar refractivity (Wildman–Crippen MR) is 65.3 cm³/mol. The van der Waals surface area contributed by atoms with Crippen LogP contribution in [0.2, 0.25) is 5.02 Å². The zero-order valence-electron chi connectivity index (χ0n) is 9.77. The van der Waals surface area contributed by atoms with Gasteiger partial charge in [0.2, 0.25) is 5.95 Å². The highest BCUT2D eigenvalue weighted by Gasteiger charge is 2.31. The molecule has 0 aromatic carbocycles. The van der Waals surface area contributed by atoms with E-state index in [4.69, 9.17) is 16.3 Å². The molecule has 0 saturated carbocycles. The van der Waals surface area contributed by atoms with Gasteiger partial charge in [-0.3, -0.25) is 0 Å². The molecule has 1 aromatic heterocycles. The molecule has 0 bridgehead atoms. The minimum Gasteiger partial charge on any atom is -0.388 e. The highest BCUT2D eigenvalue weighted by Crippen LogP contribution is 2.22. The fourth-order valence-electron chi connectivity index (χ4n) is 1.92. The lowest BCUT2D eigenvalue weighted by Gasteiger charge is -2.35. The summed E-state index contributed by atoms with van der Waals surface area (Å²) in [5.41, 5.74) is -0.712. The molecule has 1 saturated heterocycles. The van der Waals surface area contributed by atoms with E-state index in [-0.39, 0.29) is 0 Å². The van der Waals surface area contributed by atoms with E-state index in [2.05, 4.69) is 9.97 Å². The fourth-order valence-corrected chi connectivity index (χ4v) is 2.02. The Hall–Kier alpha value is -0.910. The van der Waals surface area contributed by atoms with E-state index in [0.717, 1.165) is 0 Å². The molecule has 17 heavy (non-hydrogen) atoms. The average molecular weight is 258 g/mol. The molecule has 6 heteroatoms. The zero-order chi connectivity index (χ0) is 12.3. The average Bonchev–Trinajstić information content (AvgIpc) is 2.30. The molecule has 5 nitrogen and oxygen atoms in total. The van der Waals surface area contributed by atoms with Crippen molar-refractivity contribution in [1.29, 1.82) is 0 Å². The lowest BCUT2D eigenvalue weighted by atomic mass is 9.94. The number of halogens is 1. The van der Waals surface area contributed by atoms with Gasteiger partial charge in [0.1, 0.15) is 0 Å². The van der Waals surface area contributed by atoms with Gasteiger partial charge in [-0.1, -0.05) is 11.6 Å². The monoisotopic (exact) mass is 257 g/mol. The van der Waals surface area contributed by atoms with Gasteiger partial charge in [-0.05, 0) is 0 Å². The van der Waals surface area contributed by atoms with Gasteiger partial charge in [0.05, 0.1) is 23.0 Å². The SMILES string of the molecule is CN(CC1(O)CCOCC1)c1ncc(Cl)cn1. The molecule has 0 unspecified atom stereocenters. The van der Waals surface area contributed by atoms with E-state index in [1.165, 1.54) is 0 Å². The van der Waals surface area contributed by atoms with Crippen LogP contribution in [0.15, 0.2) is 12.4 Å². The van der Waals surface area contributed by atoms with Crippen LogP contribution in [0, 0.1) is 0 Å². The summed E-state index contributed by atoms with van der Waals surface area (Å²) in [6.45, 7) is 1.70. The summed E-state index contributed by atoms with van der Waals surface area (Å²) >= 11 is 5.73. The summed E-state index contributed by atoms with van der Waals surface area (Å²) in [6, 6.07) is 0. The van der Waals surface area contributed by atoms with Gasteiger partial charge in [-0.15, -0.1) is 0 Å². The molecule has 0 radical (unpaired) electrons. The molecule has 2 heterocycles. The van der Waals surface area contributed by atoms with Gasteiger partial charge in [-0.25, -0.2) is 9.97 Å². The van der Waals surface area contributed by atoms with Crippen LogP contribution in [0.1, 0.15) is 12.8 Å². The van der Waals surface area contributed by atoms with Crippen LogP contribution < -0.4 is 4.90 Å². The Bertz CT molecular complexity index is 365. The van der Waals surface area contributed by atoms with Crippen LogP contribution in [0.5, 0.6) is 0 Å². The van der Waals surface area contributed by atoms with E-state index in [1.807, 2.05) is 11.9 Å². The second-order valence-electron chi connectivity index (χ2n) is 4.39. The Kier molecular flexibility index (Phi) is 3.81. The molecule has 0 amide bonds. The number of anilines is 1. The second-order valence-corrected chi connectivity index (χ2v) is 4.83. The first kappa shape index (κ1) is 12.5. The quantitative estimate of drug-likeness (QED) is 0.879. The fraction of sp³-hybridized carbons (Fsp3) is 0.636. The third kappa shape index (κ3) is 3.28. The summed E-state index contributed by atoms with van der Waals surface area (Å²) in [7, 11) is 1.86. The molecule has 2 rings (SSSR count). The number of aromatic nitrogens is 2. The largest absolute Gasteiger partial charge is 0.388 e. The van der Waals surface area contributed by atoms with Crippen LogP contribution in [0.25, 0.3) is 0 Å². The van der Waals surface area contributed by atoms with Gasteiger partial charge >= 0.3 is 0 Å². The first-order valence-electron chi connectivity index (χ1n) is 5.58. The normalized spacial score (nSPS) is 19.0. The van der Waals surface area contributed by atoms with Crippen LogP contribution in [-0.2, 0) is 4.74 Å². The molecule has 1 aliphatic heterocycles. The van der Waals surface area contributed by atoms with Crippen LogP contribution in [-0.4, -0.2) is 47.5 Å². The van der Waals surface area contributed by atoms with E-state index in [0.29, 0.717) is 43.6 Å². The summed E-state index contributed by atoms with van der Waals surface area (Å²) in [4.78, 5) is 10.1. The van der Waals surface area contributed by atoms with Crippen LogP contribution in [0.3, 0.4) is 0 Å². The van der Waals surface area contributed by atoms with Crippen molar-refractivity contribution in [3.63, 3.8) is 0 Å². The van der Waals surface area contributed by atoms with E-state index in [1.54, 1.807) is 12.4 Å². The molecule has 1 aliphatic rings. The minimum absolute atomic E-state index is 0.498. The number of aliphatic hydroxyl groups is 1. The van der Waals surface area contributed by atoms with E-state index in [9.17, 15) is 5.11 Å². The molecule has 1 fully saturated rings. The van der Waals surface area contributed by atoms with Crippen molar-refractivity contribution in [3.8, 4) is 0 Å². The third-order valence-electron chi connectivity index (χ3n) is 2.90. The van der Waals surface area contributed by atoms with Crippen molar-refractivity contribution < 1.29 is 9.84 Å². The highest BCUT2D eigenvalue weighted by molar-refractivity contribution is 6.30. The topological polar surface area (TPSA) is 58.5 Å². The first-order chi connectivity index (χ1) is 8.09. The summed E-state index contributed by atoms with van der Waals surface area (Å²) < 4.78 is 5.24. The van der Waals surface area contributed by atoms with E-state index < -0.39 is 5.60 Å². The molecule has 1 aromatic rings. The maximum atomic E-state index is 10.4. The number of hydrogen-bond acceptors (Lipinski definition) is 5. The van der Waals surface area contributed by atoms with Gasteiger partial charge < -0.3 is 14.7 Å². The lowest BCUT2D eigenvalue weighted by molar-refractivity contribution is -0.0574. The summed E-state index contributed by atoms with van der Waals surface area (Å²) in [5, 5.41) is 10.9. The first-order valence-corrected chi connectivity index (χ1v) is 5.96. The summed E-state index contributed by atoms with van der Waals surface area (Å²) in [6.07, 6.45) is 4.39. The van der Waals surface area contributed by atoms with Gasteiger partial charge in [0.25, 0.3) is 0 Å². The molecule has 94 valence electrons. The maximum absolute atomic E-state index is 10.4. The molecule has 0 atom stereocenters. The number of hydrogen-bond donors (Lipinski definition) is 1. The Morgan fingerprint density at radius 2 is 2.00 bits per heavy atom. The van der Waals surface area contributed by atoms with Crippen molar-refractivity contribution in [1.82, 2.24) is 9.97 Å². The standard InChI is InChI=1S/C11H16ClN3O2/c1-15(10-13-6-9(12)7-14-10)8-11(16)2-4-17-5-3-11/h6-7,16H,2-5,8H2,1H3. The lowest BCUT2D eigenvalue weighted by Crippen LogP contribution is -2.46. The number of ether oxygens (including phenoxy) is 1. The minimum atomic E-state index is -0.712. The van der Waals surface area contributed by atoms with Crippen LogP contribution in [0.4, 0.5) is 5.95 Å². The Morgan fingerprint density at radius 1 is 1.41 bits per heavy atom. The van der Waals surface area contributed by atoms with Crippen molar-refractivity contribution in [2.24, 2.45) is 0 Å². The molecule has 1 N–H and O–H groups in total. The molecule has 0 aliphatic carbocycles. The van der Waals surface area contributed by atoms with Gasteiger partial charge in [-0.2, -0.15) is 0 Å². The number of nitrogens with zero attached hydrogens (tertiary/aromatic N) is 3. The highest BCUT2D eigenvalue weighted by atomic mass is 35.5. The maximum Gasteiger partial charge on any atom is 0.225 e. The van der Waals surface area contributed by atoms with Crippen LogP contribution >= 0.6 is 11.6 Å².